The van der Waals surface area contributed by atoms with Gasteiger partial charge in [-0.15, -0.1) is 0 Å². The lowest BCUT2D eigenvalue weighted by molar-refractivity contribution is 0.0945. The molecule has 1 amide bonds. The number of hydrogen-bond donors (Lipinski definition) is 1. The van der Waals surface area contributed by atoms with E-state index in [0.717, 1.165) is 25.2 Å². The molecule has 1 fully saturated rings. The van der Waals surface area contributed by atoms with Gasteiger partial charge in [0.25, 0.3) is 11.8 Å². The molecule has 1 atom stereocenters. The Hall–Kier alpha value is -2.21. The standard InChI is InChI=1S/C15H17N3O3/c1-10-17-15(21-18-10)13-4-2-12(3-5-13)14(19)16-8-11-6-7-20-9-11/h2-5,11H,6-9H2,1H3,(H,16,19)/t11-/m0/s1. The zero-order chi connectivity index (χ0) is 14.7. The molecular formula is C15H17N3O3. The second-order valence-corrected chi connectivity index (χ2v) is 5.16. The molecule has 6 heteroatoms. The fourth-order valence-corrected chi connectivity index (χ4v) is 2.26. The Kier molecular flexibility index (Phi) is 3.96. The minimum absolute atomic E-state index is 0.0739. The van der Waals surface area contributed by atoms with Crippen molar-refractivity contribution in [1.82, 2.24) is 15.5 Å². The number of carbonyl (C=O) groups is 1. The number of hydrogen-bond acceptors (Lipinski definition) is 5. The molecule has 2 heterocycles. The van der Waals surface area contributed by atoms with Gasteiger partial charge in [-0.3, -0.25) is 4.79 Å². The zero-order valence-corrected chi connectivity index (χ0v) is 11.8. The predicted molar refractivity (Wildman–Crippen MR) is 75.7 cm³/mol. The molecule has 21 heavy (non-hydrogen) atoms. The van der Waals surface area contributed by atoms with Gasteiger partial charge in [-0.1, -0.05) is 5.16 Å². The molecule has 1 N–H and O–H groups in total. The number of aryl methyl sites for hydroxylation is 1. The van der Waals surface area contributed by atoms with Crippen molar-refractivity contribution in [1.29, 1.82) is 0 Å². The van der Waals surface area contributed by atoms with Crippen molar-refractivity contribution in [2.75, 3.05) is 19.8 Å². The van der Waals surface area contributed by atoms with E-state index in [9.17, 15) is 4.79 Å². The van der Waals surface area contributed by atoms with Gasteiger partial charge in [-0.25, -0.2) is 0 Å². The third-order valence-corrected chi connectivity index (χ3v) is 3.50. The molecule has 0 spiro atoms. The van der Waals surface area contributed by atoms with Gasteiger partial charge in [0.2, 0.25) is 0 Å². The topological polar surface area (TPSA) is 77.2 Å². The van der Waals surface area contributed by atoms with Crippen LogP contribution < -0.4 is 5.32 Å². The third-order valence-electron chi connectivity index (χ3n) is 3.50. The summed E-state index contributed by atoms with van der Waals surface area (Å²) in [5.74, 6) is 1.40. The van der Waals surface area contributed by atoms with E-state index in [4.69, 9.17) is 9.26 Å². The van der Waals surface area contributed by atoms with Crippen molar-refractivity contribution in [2.24, 2.45) is 5.92 Å². The molecule has 2 aromatic rings. The third kappa shape index (κ3) is 3.28. The van der Waals surface area contributed by atoms with E-state index < -0.39 is 0 Å². The van der Waals surface area contributed by atoms with E-state index >= 15 is 0 Å². The Morgan fingerprint density at radius 1 is 1.38 bits per heavy atom. The summed E-state index contributed by atoms with van der Waals surface area (Å²) in [6, 6.07) is 7.13. The molecular weight excluding hydrogens is 270 g/mol. The lowest BCUT2D eigenvalue weighted by Crippen LogP contribution is -2.29. The summed E-state index contributed by atoms with van der Waals surface area (Å²) in [7, 11) is 0. The lowest BCUT2D eigenvalue weighted by Gasteiger charge is -2.09. The maximum absolute atomic E-state index is 12.0. The number of ether oxygens (including phenoxy) is 1. The van der Waals surface area contributed by atoms with Gasteiger partial charge in [0, 0.05) is 30.2 Å². The average molecular weight is 287 g/mol. The first kappa shape index (κ1) is 13.8. The lowest BCUT2D eigenvalue weighted by atomic mass is 10.1. The van der Waals surface area contributed by atoms with Crippen molar-refractivity contribution in [3.8, 4) is 11.5 Å². The normalized spacial score (nSPS) is 17.9. The highest BCUT2D eigenvalue weighted by Crippen LogP contribution is 2.17. The number of nitrogens with one attached hydrogen (secondary N) is 1. The molecule has 0 bridgehead atoms. The minimum Gasteiger partial charge on any atom is -0.381 e. The van der Waals surface area contributed by atoms with Crippen LogP contribution in [0, 0.1) is 12.8 Å². The fraction of sp³-hybridized carbons (Fsp3) is 0.400. The smallest absolute Gasteiger partial charge is 0.257 e. The first-order valence-electron chi connectivity index (χ1n) is 6.99. The molecule has 0 radical (unpaired) electrons. The van der Waals surface area contributed by atoms with Crippen molar-refractivity contribution >= 4 is 5.91 Å². The molecule has 110 valence electrons. The first-order valence-corrected chi connectivity index (χ1v) is 6.99. The molecule has 0 unspecified atom stereocenters. The largest absolute Gasteiger partial charge is 0.381 e. The molecule has 0 saturated carbocycles. The SMILES string of the molecule is Cc1noc(-c2ccc(C(=O)NC[C@@H]3CCOC3)cc2)n1. The maximum Gasteiger partial charge on any atom is 0.257 e. The Morgan fingerprint density at radius 2 is 2.19 bits per heavy atom. The quantitative estimate of drug-likeness (QED) is 0.928. The van der Waals surface area contributed by atoms with Crippen LogP contribution in [0.2, 0.25) is 0 Å². The Balaban J connectivity index is 1.61. The van der Waals surface area contributed by atoms with Crippen LogP contribution in [0.25, 0.3) is 11.5 Å². The van der Waals surface area contributed by atoms with E-state index in [1.807, 2.05) is 0 Å². The summed E-state index contributed by atoms with van der Waals surface area (Å²) in [5, 5.41) is 6.68. The van der Waals surface area contributed by atoms with Crippen LogP contribution in [0.3, 0.4) is 0 Å². The number of nitrogens with zero attached hydrogens (tertiary/aromatic N) is 2. The second-order valence-electron chi connectivity index (χ2n) is 5.16. The van der Waals surface area contributed by atoms with Crippen LogP contribution in [0.4, 0.5) is 0 Å². The van der Waals surface area contributed by atoms with Crippen molar-refractivity contribution < 1.29 is 14.1 Å². The summed E-state index contributed by atoms with van der Waals surface area (Å²) in [5.41, 5.74) is 1.42. The molecule has 1 aromatic heterocycles. The van der Waals surface area contributed by atoms with Crippen LogP contribution in [0.5, 0.6) is 0 Å². The minimum atomic E-state index is -0.0739. The summed E-state index contributed by atoms with van der Waals surface area (Å²) in [4.78, 5) is 16.2. The number of carbonyl (C=O) groups excluding carboxylic acids is 1. The summed E-state index contributed by atoms with van der Waals surface area (Å²) < 4.78 is 10.4. The summed E-state index contributed by atoms with van der Waals surface area (Å²) in [6.45, 7) is 3.94. The van der Waals surface area contributed by atoms with Crippen LogP contribution in [-0.2, 0) is 4.74 Å². The van der Waals surface area contributed by atoms with Crippen molar-refractivity contribution in [3.63, 3.8) is 0 Å². The van der Waals surface area contributed by atoms with Gasteiger partial charge in [0.1, 0.15) is 0 Å². The molecule has 1 aromatic carbocycles. The fourth-order valence-electron chi connectivity index (χ4n) is 2.26. The Bertz CT molecular complexity index is 615. The van der Waals surface area contributed by atoms with E-state index in [2.05, 4.69) is 15.5 Å². The first-order chi connectivity index (χ1) is 10.2. The Morgan fingerprint density at radius 3 is 2.81 bits per heavy atom. The maximum atomic E-state index is 12.0. The Labute approximate surface area is 122 Å². The van der Waals surface area contributed by atoms with Gasteiger partial charge in [0.05, 0.1) is 6.61 Å². The summed E-state index contributed by atoms with van der Waals surface area (Å²) >= 11 is 0. The number of amides is 1. The highest BCUT2D eigenvalue weighted by molar-refractivity contribution is 5.94. The zero-order valence-electron chi connectivity index (χ0n) is 11.8. The van der Waals surface area contributed by atoms with E-state index in [1.54, 1.807) is 31.2 Å². The highest BCUT2D eigenvalue weighted by atomic mass is 16.5. The number of benzene rings is 1. The number of aromatic nitrogens is 2. The van der Waals surface area contributed by atoms with E-state index in [-0.39, 0.29) is 5.91 Å². The van der Waals surface area contributed by atoms with Gasteiger partial charge >= 0.3 is 0 Å². The monoisotopic (exact) mass is 287 g/mol. The molecule has 1 aliphatic heterocycles. The van der Waals surface area contributed by atoms with Crippen molar-refractivity contribution in [3.05, 3.63) is 35.7 Å². The molecule has 1 saturated heterocycles. The molecule has 0 aliphatic carbocycles. The van der Waals surface area contributed by atoms with Crippen LogP contribution in [0.15, 0.2) is 28.8 Å². The van der Waals surface area contributed by atoms with E-state index in [1.165, 1.54) is 0 Å². The molecule has 1 aliphatic rings. The van der Waals surface area contributed by atoms with Crippen LogP contribution in [0.1, 0.15) is 22.6 Å². The van der Waals surface area contributed by atoms with Crippen LogP contribution >= 0.6 is 0 Å². The second kappa shape index (κ2) is 6.05. The summed E-state index contributed by atoms with van der Waals surface area (Å²) in [6.07, 6.45) is 1.01. The molecule has 3 rings (SSSR count). The highest BCUT2D eigenvalue weighted by Gasteiger charge is 2.17. The predicted octanol–water partition coefficient (Wildman–Crippen LogP) is 1.81. The molecule has 6 nitrogen and oxygen atoms in total. The van der Waals surface area contributed by atoms with Gasteiger partial charge in [0.15, 0.2) is 5.82 Å². The van der Waals surface area contributed by atoms with E-state index in [0.29, 0.717) is 29.7 Å². The number of rotatable bonds is 4. The van der Waals surface area contributed by atoms with Crippen LogP contribution in [-0.4, -0.2) is 35.8 Å². The van der Waals surface area contributed by atoms with Gasteiger partial charge in [-0.2, -0.15) is 4.98 Å². The average Bonchev–Trinajstić information content (AvgIpc) is 3.16. The van der Waals surface area contributed by atoms with Gasteiger partial charge in [-0.05, 0) is 37.6 Å². The van der Waals surface area contributed by atoms with Gasteiger partial charge < -0.3 is 14.6 Å². The van der Waals surface area contributed by atoms with Crippen molar-refractivity contribution in [2.45, 2.75) is 13.3 Å².